The van der Waals surface area contributed by atoms with Gasteiger partial charge in [0.2, 0.25) is 0 Å². The minimum Gasteiger partial charge on any atom is -0.363 e. The van der Waals surface area contributed by atoms with E-state index in [2.05, 4.69) is 59.2 Å². The van der Waals surface area contributed by atoms with Crippen LogP contribution in [0.1, 0.15) is 29.5 Å². The van der Waals surface area contributed by atoms with Gasteiger partial charge in [-0.15, -0.1) is 11.3 Å². The molecule has 21 heavy (non-hydrogen) atoms. The lowest BCUT2D eigenvalue weighted by atomic mass is 10.2. The first kappa shape index (κ1) is 14.1. The van der Waals surface area contributed by atoms with E-state index in [-0.39, 0.29) is 0 Å². The van der Waals surface area contributed by atoms with Gasteiger partial charge in [0.1, 0.15) is 0 Å². The smallest absolute Gasteiger partial charge is 0.150 e. The molecule has 0 radical (unpaired) electrons. The Hall–Kier alpha value is -1.81. The second-order valence-electron chi connectivity index (χ2n) is 5.42. The van der Waals surface area contributed by atoms with Crippen LogP contribution in [-0.4, -0.2) is 9.55 Å². The fourth-order valence-corrected chi connectivity index (χ4v) is 3.58. The van der Waals surface area contributed by atoms with Crippen molar-refractivity contribution in [1.82, 2.24) is 9.55 Å². The van der Waals surface area contributed by atoms with Crippen molar-refractivity contribution in [3.63, 3.8) is 0 Å². The third-order valence-corrected chi connectivity index (χ3v) is 4.87. The predicted molar refractivity (Wildman–Crippen MR) is 91.1 cm³/mol. The quantitative estimate of drug-likeness (QED) is 0.737. The molecule has 0 unspecified atom stereocenters. The van der Waals surface area contributed by atoms with E-state index < -0.39 is 0 Å². The van der Waals surface area contributed by atoms with Crippen LogP contribution in [0.3, 0.4) is 0 Å². The third kappa shape index (κ3) is 2.68. The summed E-state index contributed by atoms with van der Waals surface area (Å²) in [6.07, 6.45) is 3.02. The molecule has 0 aliphatic heterocycles. The molecule has 0 bridgehead atoms. The molecule has 0 amide bonds. The minimum absolute atomic E-state index is 0.839. The fourth-order valence-electron chi connectivity index (χ4n) is 2.74. The lowest BCUT2D eigenvalue weighted by Crippen LogP contribution is -2.05. The standard InChI is InChI=1S/C17H21N3S/c1-4-8-20-13(3)10-14-5-7-18-17(16(14)20)19-11-15-12(2)6-9-21-15/h5-7,9-10H,4,8,11H2,1-3H3,(H,18,19). The maximum absolute atomic E-state index is 4.56. The topological polar surface area (TPSA) is 29.9 Å². The molecule has 3 nitrogen and oxygen atoms in total. The molecule has 0 fully saturated rings. The molecular weight excluding hydrogens is 278 g/mol. The van der Waals surface area contributed by atoms with Crippen molar-refractivity contribution < 1.29 is 0 Å². The number of aromatic nitrogens is 2. The van der Waals surface area contributed by atoms with Gasteiger partial charge in [-0.3, -0.25) is 0 Å². The van der Waals surface area contributed by atoms with Gasteiger partial charge in [-0.05, 0) is 49.4 Å². The number of aryl methyl sites for hydroxylation is 3. The maximum Gasteiger partial charge on any atom is 0.150 e. The van der Waals surface area contributed by atoms with Gasteiger partial charge < -0.3 is 9.88 Å². The molecule has 110 valence electrons. The maximum atomic E-state index is 4.56. The van der Waals surface area contributed by atoms with E-state index in [1.54, 1.807) is 11.3 Å². The zero-order valence-corrected chi connectivity index (χ0v) is 13.6. The van der Waals surface area contributed by atoms with Crippen LogP contribution in [0.5, 0.6) is 0 Å². The van der Waals surface area contributed by atoms with Gasteiger partial charge >= 0.3 is 0 Å². The van der Waals surface area contributed by atoms with Crippen molar-refractivity contribution in [3.8, 4) is 0 Å². The Balaban J connectivity index is 1.96. The molecule has 0 saturated carbocycles. The van der Waals surface area contributed by atoms with Crippen molar-refractivity contribution in [2.24, 2.45) is 0 Å². The van der Waals surface area contributed by atoms with Gasteiger partial charge in [-0.1, -0.05) is 6.92 Å². The normalized spacial score (nSPS) is 11.2. The number of rotatable bonds is 5. The molecular formula is C17H21N3S. The SMILES string of the molecule is CCCn1c(C)cc2ccnc(NCc3sccc3C)c21. The van der Waals surface area contributed by atoms with Crippen LogP contribution >= 0.6 is 11.3 Å². The highest BCUT2D eigenvalue weighted by molar-refractivity contribution is 7.10. The molecule has 3 rings (SSSR count). The molecule has 3 heterocycles. The summed E-state index contributed by atoms with van der Waals surface area (Å²) in [4.78, 5) is 5.94. The predicted octanol–water partition coefficient (Wildman–Crippen LogP) is 4.74. The number of hydrogen-bond donors (Lipinski definition) is 1. The highest BCUT2D eigenvalue weighted by Gasteiger charge is 2.11. The van der Waals surface area contributed by atoms with Crippen molar-refractivity contribution >= 4 is 28.1 Å². The Bertz CT molecular complexity index is 755. The van der Waals surface area contributed by atoms with Crippen molar-refractivity contribution in [1.29, 1.82) is 0 Å². The summed E-state index contributed by atoms with van der Waals surface area (Å²) in [6.45, 7) is 8.41. The van der Waals surface area contributed by atoms with Crippen LogP contribution in [0.2, 0.25) is 0 Å². The summed E-state index contributed by atoms with van der Waals surface area (Å²) < 4.78 is 2.37. The molecule has 0 aliphatic rings. The van der Waals surface area contributed by atoms with Crippen molar-refractivity contribution in [2.75, 3.05) is 5.32 Å². The highest BCUT2D eigenvalue weighted by Crippen LogP contribution is 2.26. The molecule has 0 spiro atoms. The fraction of sp³-hybridized carbons (Fsp3) is 0.353. The molecule has 0 aliphatic carbocycles. The second kappa shape index (κ2) is 5.90. The van der Waals surface area contributed by atoms with Crippen LogP contribution in [0.4, 0.5) is 5.82 Å². The summed E-state index contributed by atoms with van der Waals surface area (Å²) in [6, 6.07) is 6.50. The van der Waals surface area contributed by atoms with E-state index in [9.17, 15) is 0 Å². The van der Waals surface area contributed by atoms with E-state index in [4.69, 9.17) is 0 Å². The first-order chi connectivity index (χ1) is 10.2. The number of pyridine rings is 1. The second-order valence-corrected chi connectivity index (χ2v) is 6.42. The first-order valence-electron chi connectivity index (χ1n) is 7.42. The molecule has 3 aromatic rings. The van der Waals surface area contributed by atoms with E-state index in [1.807, 2.05) is 6.20 Å². The average molecular weight is 299 g/mol. The largest absolute Gasteiger partial charge is 0.363 e. The summed E-state index contributed by atoms with van der Waals surface area (Å²) in [5, 5.41) is 6.93. The highest BCUT2D eigenvalue weighted by atomic mass is 32.1. The zero-order valence-electron chi connectivity index (χ0n) is 12.8. The minimum atomic E-state index is 0.839. The van der Waals surface area contributed by atoms with Crippen molar-refractivity contribution in [3.05, 3.63) is 45.9 Å². The van der Waals surface area contributed by atoms with Gasteiger partial charge in [0.15, 0.2) is 5.82 Å². The lowest BCUT2D eigenvalue weighted by molar-refractivity contribution is 0.685. The van der Waals surface area contributed by atoms with Crippen LogP contribution in [-0.2, 0) is 13.1 Å². The van der Waals surface area contributed by atoms with Gasteiger partial charge in [-0.25, -0.2) is 4.98 Å². The average Bonchev–Trinajstić information content (AvgIpc) is 3.01. The van der Waals surface area contributed by atoms with Gasteiger partial charge in [0.05, 0.1) is 12.1 Å². The van der Waals surface area contributed by atoms with Crippen LogP contribution in [0.15, 0.2) is 29.8 Å². The summed E-state index contributed by atoms with van der Waals surface area (Å²) >= 11 is 1.80. The summed E-state index contributed by atoms with van der Waals surface area (Å²) in [5.74, 6) is 0.988. The number of thiophene rings is 1. The zero-order chi connectivity index (χ0) is 14.8. The van der Waals surface area contributed by atoms with Gasteiger partial charge in [0.25, 0.3) is 0 Å². The van der Waals surface area contributed by atoms with Crippen molar-refractivity contribution in [2.45, 2.75) is 40.3 Å². The lowest BCUT2D eigenvalue weighted by Gasteiger charge is -2.11. The number of anilines is 1. The monoisotopic (exact) mass is 299 g/mol. The number of nitrogens with zero attached hydrogens (tertiary/aromatic N) is 2. The Morgan fingerprint density at radius 2 is 2.14 bits per heavy atom. The number of nitrogens with one attached hydrogen (secondary N) is 1. The molecule has 4 heteroatoms. The Kier molecular flexibility index (Phi) is 3.97. The molecule has 0 saturated heterocycles. The van der Waals surface area contributed by atoms with Gasteiger partial charge in [-0.2, -0.15) is 0 Å². The number of fused-ring (bicyclic) bond motifs is 1. The molecule has 0 atom stereocenters. The van der Waals surface area contributed by atoms with E-state index >= 15 is 0 Å². The molecule has 1 N–H and O–H groups in total. The molecule has 0 aromatic carbocycles. The Morgan fingerprint density at radius 1 is 1.29 bits per heavy atom. The summed E-state index contributed by atoms with van der Waals surface area (Å²) in [7, 11) is 0. The molecule has 3 aromatic heterocycles. The van der Waals surface area contributed by atoms with Gasteiger partial charge in [0, 0.05) is 28.7 Å². The van der Waals surface area contributed by atoms with E-state index in [1.165, 1.54) is 27.0 Å². The third-order valence-electron chi connectivity index (χ3n) is 3.85. The Morgan fingerprint density at radius 3 is 2.86 bits per heavy atom. The Labute approximate surface area is 129 Å². The van der Waals surface area contributed by atoms with Crippen LogP contribution in [0, 0.1) is 13.8 Å². The van der Waals surface area contributed by atoms with E-state index in [0.717, 1.165) is 25.3 Å². The van der Waals surface area contributed by atoms with E-state index in [0.29, 0.717) is 0 Å². The van der Waals surface area contributed by atoms with Crippen LogP contribution in [0.25, 0.3) is 10.9 Å². The summed E-state index contributed by atoms with van der Waals surface area (Å²) in [5.41, 5.74) is 3.88. The first-order valence-corrected chi connectivity index (χ1v) is 8.30. The number of hydrogen-bond acceptors (Lipinski definition) is 3. The van der Waals surface area contributed by atoms with Crippen LogP contribution < -0.4 is 5.32 Å².